The lowest BCUT2D eigenvalue weighted by Gasteiger charge is -2.33. The molecule has 0 spiro atoms. The molecule has 1 atom stereocenters. The Morgan fingerprint density at radius 1 is 1.07 bits per heavy atom. The number of nitrogens with zero attached hydrogens (tertiary/aromatic N) is 1. The predicted molar refractivity (Wildman–Crippen MR) is 105 cm³/mol. The van der Waals surface area contributed by atoms with Gasteiger partial charge in [-0.05, 0) is 36.7 Å². The van der Waals surface area contributed by atoms with Gasteiger partial charge < -0.3 is 20.8 Å². The van der Waals surface area contributed by atoms with E-state index in [0.717, 1.165) is 18.8 Å². The third kappa shape index (κ3) is 5.69. The second-order valence-electron chi connectivity index (χ2n) is 6.58. The van der Waals surface area contributed by atoms with Gasteiger partial charge in [-0.1, -0.05) is 42.0 Å². The first kappa shape index (κ1) is 20.2. The Labute approximate surface area is 158 Å². The summed E-state index contributed by atoms with van der Waals surface area (Å²) in [5, 5.41) is 15.6. The molecule has 0 saturated heterocycles. The number of hydrogen-bond acceptors (Lipinski definition) is 4. The minimum atomic E-state index is -1.26. The van der Waals surface area contributed by atoms with Crippen LogP contribution in [0.5, 0.6) is 0 Å². The number of hydrogen-bond donors (Lipinski definition) is 3. The summed E-state index contributed by atoms with van der Waals surface area (Å²) in [5.74, 6) is -2.09. The Kier molecular flexibility index (Phi) is 6.73. The Bertz CT molecular complexity index is 828. The van der Waals surface area contributed by atoms with E-state index in [1.54, 1.807) is 0 Å². The first-order chi connectivity index (χ1) is 12.8. The Morgan fingerprint density at radius 3 is 2.22 bits per heavy atom. The molecule has 0 amide bonds. The van der Waals surface area contributed by atoms with E-state index < -0.39 is 11.9 Å². The number of aliphatic carboxylic acids is 2. The fourth-order valence-corrected chi connectivity index (χ4v) is 3.10. The van der Waals surface area contributed by atoms with E-state index in [4.69, 9.17) is 15.9 Å². The molecule has 0 saturated carbocycles. The van der Waals surface area contributed by atoms with Gasteiger partial charge in [0.2, 0.25) is 0 Å². The summed E-state index contributed by atoms with van der Waals surface area (Å²) in [7, 11) is 2.16. The summed E-state index contributed by atoms with van der Waals surface area (Å²) < 4.78 is 0. The Balaban J connectivity index is 0.000000279. The van der Waals surface area contributed by atoms with Gasteiger partial charge in [0.25, 0.3) is 0 Å². The van der Waals surface area contributed by atoms with Gasteiger partial charge in [-0.3, -0.25) is 0 Å². The fraction of sp³-hybridized carbons (Fsp3) is 0.238. The van der Waals surface area contributed by atoms with Crippen molar-refractivity contribution >= 4 is 17.6 Å². The van der Waals surface area contributed by atoms with Crippen LogP contribution in [-0.2, 0) is 16.1 Å². The van der Waals surface area contributed by atoms with Crippen molar-refractivity contribution in [1.29, 1.82) is 0 Å². The lowest BCUT2D eigenvalue weighted by atomic mass is 9.84. The highest BCUT2D eigenvalue weighted by molar-refractivity contribution is 5.89. The van der Waals surface area contributed by atoms with Crippen molar-refractivity contribution in [3.05, 3.63) is 76.9 Å². The number of carboxylic acid groups (broad SMARTS) is 2. The minimum absolute atomic E-state index is 0.429. The molecule has 0 aliphatic carbocycles. The highest BCUT2D eigenvalue weighted by Gasteiger charge is 2.25. The number of nitrogens with two attached hydrogens (primary N) is 1. The van der Waals surface area contributed by atoms with Gasteiger partial charge in [-0.25, -0.2) is 9.59 Å². The van der Waals surface area contributed by atoms with E-state index in [1.807, 2.05) is 6.07 Å². The minimum Gasteiger partial charge on any atom is -0.478 e. The average molecular weight is 368 g/mol. The van der Waals surface area contributed by atoms with Gasteiger partial charge in [-0.15, -0.1) is 0 Å². The lowest BCUT2D eigenvalue weighted by molar-refractivity contribution is -0.134. The topological polar surface area (TPSA) is 104 Å². The van der Waals surface area contributed by atoms with Crippen molar-refractivity contribution in [2.45, 2.75) is 19.4 Å². The largest absolute Gasteiger partial charge is 0.478 e. The summed E-state index contributed by atoms with van der Waals surface area (Å²) in [5.41, 5.74) is 12.4. The van der Waals surface area contributed by atoms with E-state index >= 15 is 0 Å². The number of benzene rings is 2. The molecular weight excluding hydrogens is 344 g/mol. The molecule has 1 heterocycles. The zero-order valence-corrected chi connectivity index (χ0v) is 15.4. The standard InChI is InChI=1S/C17H20N2.C4H4O4/c1-12-6-8-13(9-7-12)15-10-19(2)11-16-14(15)4-3-5-17(16)18;5-3(6)1-2-4(7)8/h3-9,15H,10-11,18H2,1-2H3;1-2H,(H,5,6)(H,7,8)/b;2-1-. The maximum absolute atomic E-state index is 9.55. The predicted octanol–water partition coefficient (Wildman–Crippen LogP) is 2.87. The van der Waals surface area contributed by atoms with E-state index in [9.17, 15) is 9.59 Å². The smallest absolute Gasteiger partial charge is 0.328 e. The Hall–Kier alpha value is -3.12. The van der Waals surface area contributed by atoms with Crippen molar-refractivity contribution in [1.82, 2.24) is 4.90 Å². The summed E-state index contributed by atoms with van der Waals surface area (Å²) >= 11 is 0. The molecular formula is C21H24N2O4. The van der Waals surface area contributed by atoms with Crippen LogP contribution in [0.3, 0.4) is 0 Å². The van der Waals surface area contributed by atoms with Crippen LogP contribution in [0.25, 0.3) is 0 Å². The SMILES string of the molecule is Cc1ccc(C2CN(C)Cc3c(N)cccc32)cc1.O=C(O)/C=C\C(=O)O. The second-order valence-corrected chi connectivity index (χ2v) is 6.58. The monoisotopic (exact) mass is 368 g/mol. The molecule has 1 aliphatic rings. The van der Waals surface area contributed by atoms with E-state index in [1.165, 1.54) is 22.3 Å². The molecule has 1 unspecified atom stereocenters. The van der Waals surface area contributed by atoms with Crippen molar-refractivity contribution in [3.63, 3.8) is 0 Å². The van der Waals surface area contributed by atoms with Crippen molar-refractivity contribution in [3.8, 4) is 0 Å². The number of fused-ring (bicyclic) bond motifs is 1. The lowest BCUT2D eigenvalue weighted by Crippen LogP contribution is -2.31. The molecule has 4 N–H and O–H groups in total. The average Bonchev–Trinajstić information content (AvgIpc) is 2.61. The molecule has 1 aliphatic heterocycles. The van der Waals surface area contributed by atoms with Gasteiger partial charge in [0, 0.05) is 36.8 Å². The van der Waals surface area contributed by atoms with Crippen LogP contribution in [-0.4, -0.2) is 40.6 Å². The number of carboxylic acids is 2. The van der Waals surface area contributed by atoms with Gasteiger partial charge >= 0.3 is 11.9 Å². The third-order valence-electron chi connectivity index (χ3n) is 4.39. The number of anilines is 1. The van der Waals surface area contributed by atoms with Crippen molar-refractivity contribution in [2.75, 3.05) is 19.3 Å². The highest BCUT2D eigenvalue weighted by Crippen LogP contribution is 2.35. The van der Waals surface area contributed by atoms with E-state index in [2.05, 4.69) is 55.3 Å². The van der Waals surface area contributed by atoms with Crippen molar-refractivity contribution in [2.24, 2.45) is 0 Å². The van der Waals surface area contributed by atoms with Crippen LogP contribution < -0.4 is 5.73 Å². The maximum atomic E-state index is 9.55. The van der Waals surface area contributed by atoms with Crippen LogP contribution in [0.2, 0.25) is 0 Å². The third-order valence-corrected chi connectivity index (χ3v) is 4.39. The van der Waals surface area contributed by atoms with Crippen LogP contribution in [0.15, 0.2) is 54.6 Å². The van der Waals surface area contributed by atoms with Gasteiger partial charge in [0.1, 0.15) is 0 Å². The Morgan fingerprint density at radius 2 is 1.67 bits per heavy atom. The van der Waals surface area contributed by atoms with Gasteiger partial charge in [-0.2, -0.15) is 0 Å². The molecule has 3 rings (SSSR count). The molecule has 2 aromatic carbocycles. The quantitative estimate of drug-likeness (QED) is 0.568. The second kappa shape index (κ2) is 9.00. The molecule has 27 heavy (non-hydrogen) atoms. The number of rotatable bonds is 3. The maximum Gasteiger partial charge on any atom is 0.328 e. The first-order valence-electron chi connectivity index (χ1n) is 8.54. The molecule has 2 aromatic rings. The van der Waals surface area contributed by atoms with Crippen LogP contribution in [0.4, 0.5) is 5.69 Å². The van der Waals surface area contributed by atoms with E-state index in [0.29, 0.717) is 18.1 Å². The molecule has 6 heteroatoms. The molecule has 142 valence electrons. The van der Waals surface area contributed by atoms with Gasteiger partial charge in [0.05, 0.1) is 0 Å². The zero-order valence-electron chi connectivity index (χ0n) is 15.4. The summed E-state index contributed by atoms with van der Waals surface area (Å²) in [6.07, 6.45) is 1.12. The van der Waals surface area contributed by atoms with Crippen molar-refractivity contribution < 1.29 is 19.8 Å². The normalized spacial score (nSPS) is 16.3. The van der Waals surface area contributed by atoms with Gasteiger partial charge in [0.15, 0.2) is 0 Å². The van der Waals surface area contributed by atoms with E-state index in [-0.39, 0.29) is 0 Å². The highest BCUT2D eigenvalue weighted by atomic mass is 16.4. The molecule has 0 aromatic heterocycles. The fourth-order valence-electron chi connectivity index (χ4n) is 3.10. The zero-order chi connectivity index (χ0) is 20.0. The number of carbonyl (C=O) groups is 2. The number of nitrogen functional groups attached to an aromatic ring is 1. The molecule has 0 fully saturated rings. The molecule has 6 nitrogen and oxygen atoms in total. The van der Waals surface area contributed by atoms with Crippen LogP contribution in [0.1, 0.15) is 28.2 Å². The number of aryl methyl sites for hydroxylation is 1. The summed E-state index contributed by atoms with van der Waals surface area (Å²) in [4.78, 5) is 21.5. The molecule has 0 bridgehead atoms. The van der Waals surface area contributed by atoms with Crippen LogP contribution in [0, 0.1) is 6.92 Å². The molecule has 0 radical (unpaired) electrons. The summed E-state index contributed by atoms with van der Waals surface area (Å²) in [6, 6.07) is 15.2. The summed E-state index contributed by atoms with van der Waals surface area (Å²) in [6.45, 7) is 4.13. The first-order valence-corrected chi connectivity index (χ1v) is 8.54. The van der Waals surface area contributed by atoms with Crippen LogP contribution >= 0.6 is 0 Å². The number of likely N-dealkylation sites (N-methyl/N-ethyl adjacent to an activating group) is 1.